The molecule has 1 aliphatic carbocycles. The molecule has 1 aliphatic heterocycles. The van der Waals surface area contributed by atoms with Crippen molar-refractivity contribution in [2.24, 2.45) is 0 Å². The van der Waals surface area contributed by atoms with E-state index < -0.39 is 9.84 Å². The number of hydrogen-bond donors (Lipinski definition) is 0. The molecule has 0 aromatic heterocycles. The lowest BCUT2D eigenvalue weighted by Gasteiger charge is -2.28. The van der Waals surface area contributed by atoms with Gasteiger partial charge in [-0.1, -0.05) is 12.1 Å². The molecule has 3 rings (SSSR count). The highest BCUT2D eigenvalue weighted by Gasteiger charge is 2.35. The monoisotopic (exact) mass is 354 g/mol. The van der Waals surface area contributed by atoms with Gasteiger partial charge >= 0.3 is 0 Å². The van der Waals surface area contributed by atoms with Crippen LogP contribution in [0.1, 0.15) is 24.8 Å². The predicted octanol–water partition coefficient (Wildman–Crippen LogP) is 1.44. The zero-order valence-electron chi connectivity index (χ0n) is 13.8. The Morgan fingerprint density at radius 3 is 2.38 bits per heavy atom. The van der Waals surface area contributed by atoms with Gasteiger partial charge in [0.2, 0.25) is 5.91 Å². The minimum atomic E-state index is -2.96. The summed E-state index contributed by atoms with van der Waals surface area (Å²) < 4.78 is 36.2. The number of sulfone groups is 1. The third-order valence-electron chi connectivity index (χ3n) is 4.79. The molecule has 0 bridgehead atoms. The molecule has 2 fully saturated rings. The zero-order chi connectivity index (χ0) is 17.3. The van der Waals surface area contributed by atoms with Gasteiger partial charge in [0.15, 0.2) is 9.84 Å². The summed E-state index contributed by atoms with van der Waals surface area (Å²) in [5.74, 6) is 0.0647. The van der Waals surface area contributed by atoms with Gasteiger partial charge in [0.05, 0.1) is 18.1 Å². The molecular formula is C17H23FN2O3S. The van der Waals surface area contributed by atoms with E-state index in [0.717, 1.165) is 18.4 Å². The Labute approximate surface area is 142 Å². The lowest BCUT2D eigenvalue weighted by Crippen LogP contribution is -2.43. The van der Waals surface area contributed by atoms with Crippen molar-refractivity contribution in [3.05, 3.63) is 35.6 Å². The molecule has 1 aromatic carbocycles. The van der Waals surface area contributed by atoms with Crippen LogP contribution in [-0.4, -0.2) is 61.3 Å². The number of halogens is 1. The highest BCUT2D eigenvalue weighted by Crippen LogP contribution is 2.29. The van der Waals surface area contributed by atoms with E-state index in [-0.39, 0.29) is 41.9 Å². The maximum atomic E-state index is 13.0. The average molecular weight is 354 g/mol. The molecule has 0 radical (unpaired) electrons. The van der Waals surface area contributed by atoms with Crippen molar-refractivity contribution in [1.29, 1.82) is 0 Å². The number of hydrogen-bond acceptors (Lipinski definition) is 4. The van der Waals surface area contributed by atoms with Crippen LogP contribution in [-0.2, 0) is 21.2 Å². The molecule has 1 saturated carbocycles. The summed E-state index contributed by atoms with van der Waals surface area (Å²) in [7, 11) is -1.14. The number of likely N-dealkylation sites (N-methyl/N-ethyl adjacent to an activating group) is 1. The van der Waals surface area contributed by atoms with Crippen LogP contribution >= 0.6 is 0 Å². The van der Waals surface area contributed by atoms with Crippen LogP contribution in [0.4, 0.5) is 4.39 Å². The van der Waals surface area contributed by atoms with Crippen LogP contribution in [0.5, 0.6) is 0 Å². The fourth-order valence-corrected chi connectivity index (χ4v) is 4.96. The number of carbonyl (C=O) groups excluding carboxylic acids is 1. The molecule has 1 amide bonds. The fourth-order valence-electron chi connectivity index (χ4n) is 3.15. The zero-order valence-corrected chi connectivity index (χ0v) is 14.6. The van der Waals surface area contributed by atoms with Crippen LogP contribution in [0.2, 0.25) is 0 Å². The fraction of sp³-hybridized carbons (Fsp3) is 0.588. The van der Waals surface area contributed by atoms with Gasteiger partial charge in [-0.05, 0) is 44.0 Å². The Kier molecular flexibility index (Phi) is 4.92. The highest BCUT2D eigenvalue weighted by molar-refractivity contribution is 7.91. The Bertz CT molecular complexity index is 701. The molecule has 1 heterocycles. The van der Waals surface area contributed by atoms with Crippen molar-refractivity contribution in [1.82, 2.24) is 9.80 Å². The number of benzene rings is 1. The Morgan fingerprint density at radius 2 is 1.83 bits per heavy atom. The standard InChI is InChI=1S/C17H23FN2O3S/c1-19(16-8-9-24(22,23)12-16)11-17(21)20(15-6-7-15)10-13-2-4-14(18)5-3-13/h2-5,15-16H,6-12H2,1H3. The van der Waals surface area contributed by atoms with Gasteiger partial charge in [-0.3, -0.25) is 9.69 Å². The maximum Gasteiger partial charge on any atom is 0.237 e. The predicted molar refractivity (Wildman–Crippen MR) is 89.7 cm³/mol. The van der Waals surface area contributed by atoms with Gasteiger partial charge in [0.25, 0.3) is 0 Å². The van der Waals surface area contributed by atoms with E-state index in [0.29, 0.717) is 13.0 Å². The minimum Gasteiger partial charge on any atom is -0.334 e. The summed E-state index contributed by atoms with van der Waals surface area (Å²) in [5.41, 5.74) is 0.905. The normalized spacial score (nSPS) is 22.7. The second-order valence-corrected chi connectivity index (χ2v) is 9.08. The quantitative estimate of drug-likeness (QED) is 0.776. The van der Waals surface area contributed by atoms with Crippen molar-refractivity contribution in [3.63, 3.8) is 0 Å². The van der Waals surface area contributed by atoms with Gasteiger partial charge in [-0.25, -0.2) is 12.8 Å². The maximum absolute atomic E-state index is 13.0. The SMILES string of the molecule is CN(CC(=O)N(Cc1ccc(F)cc1)C1CC1)C1CCS(=O)(=O)C1. The average Bonchev–Trinajstić information content (AvgIpc) is 3.29. The van der Waals surface area contributed by atoms with Crippen molar-refractivity contribution in [2.75, 3.05) is 25.1 Å². The molecule has 7 heteroatoms. The van der Waals surface area contributed by atoms with Gasteiger partial charge in [-0.2, -0.15) is 0 Å². The smallest absolute Gasteiger partial charge is 0.237 e. The summed E-state index contributed by atoms with van der Waals surface area (Å²) in [5, 5.41) is 0. The van der Waals surface area contributed by atoms with Crippen molar-refractivity contribution < 1.29 is 17.6 Å². The largest absolute Gasteiger partial charge is 0.334 e. The first-order valence-corrected chi connectivity index (χ1v) is 10.1. The summed E-state index contributed by atoms with van der Waals surface area (Å²) in [6.07, 6.45) is 2.58. The molecular weight excluding hydrogens is 331 g/mol. The van der Waals surface area contributed by atoms with Crippen LogP contribution in [0.15, 0.2) is 24.3 Å². The molecule has 0 N–H and O–H groups in total. The lowest BCUT2D eigenvalue weighted by molar-refractivity contribution is -0.133. The van der Waals surface area contributed by atoms with Crippen LogP contribution < -0.4 is 0 Å². The first-order valence-electron chi connectivity index (χ1n) is 8.28. The molecule has 1 aromatic rings. The second-order valence-electron chi connectivity index (χ2n) is 6.85. The topological polar surface area (TPSA) is 57.7 Å². The Hall–Kier alpha value is -1.47. The van der Waals surface area contributed by atoms with E-state index in [1.807, 2.05) is 16.8 Å². The van der Waals surface area contributed by atoms with E-state index in [1.54, 1.807) is 12.1 Å². The molecule has 1 unspecified atom stereocenters. The molecule has 5 nitrogen and oxygen atoms in total. The van der Waals surface area contributed by atoms with E-state index in [1.165, 1.54) is 12.1 Å². The molecule has 0 spiro atoms. The Balaban J connectivity index is 1.61. The van der Waals surface area contributed by atoms with Crippen LogP contribution in [0, 0.1) is 5.82 Å². The number of nitrogens with zero attached hydrogens (tertiary/aromatic N) is 2. The van der Waals surface area contributed by atoms with E-state index in [9.17, 15) is 17.6 Å². The minimum absolute atomic E-state index is 0.00798. The third kappa shape index (κ3) is 4.33. The van der Waals surface area contributed by atoms with E-state index >= 15 is 0 Å². The summed E-state index contributed by atoms with van der Waals surface area (Å²) >= 11 is 0. The summed E-state index contributed by atoms with van der Waals surface area (Å²) in [6.45, 7) is 0.693. The molecule has 1 atom stereocenters. The highest BCUT2D eigenvalue weighted by atomic mass is 32.2. The van der Waals surface area contributed by atoms with Crippen LogP contribution in [0.3, 0.4) is 0 Å². The second kappa shape index (κ2) is 6.80. The lowest BCUT2D eigenvalue weighted by atomic mass is 10.2. The first-order chi connectivity index (χ1) is 11.3. The van der Waals surface area contributed by atoms with Crippen molar-refractivity contribution >= 4 is 15.7 Å². The molecule has 24 heavy (non-hydrogen) atoms. The third-order valence-corrected chi connectivity index (χ3v) is 6.54. The molecule has 132 valence electrons. The van der Waals surface area contributed by atoms with Gasteiger partial charge in [-0.15, -0.1) is 0 Å². The van der Waals surface area contributed by atoms with E-state index in [2.05, 4.69) is 0 Å². The number of carbonyl (C=O) groups is 1. The van der Waals surface area contributed by atoms with Gasteiger partial charge in [0, 0.05) is 18.6 Å². The first kappa shape index (κ1) is 17.4. The Morgan fingerprint density at radius 1 is 1.17 bits per heavy atom. The van der Waals surface area contributed by atoms with Gasteiger partial charge in [0.1, 0.15) is 5.82 Å². The van der Waals surface area contributed by atoms with E-state index in [4.69, 9.17) is 0 Å². The molecule has 2 aliphatic rings. The van der Waals surface area contributed by atoms with Gasteiger partial charge < -0.3 is 4.90 Å². The summed E-state index contributed by atoms with van der Waals surface area (Å²) in [6, 6.07) is 6.38. The molecule has 1 saturated heterocycles. The van der Waals surface area contributed by atoms with Crippen molar-refractivity contribution in [3.8, 4) is 0 Å². The summed E-state index contributed by atoms with van der Waals surface area (Å²) in [4.78, 5) is 16.4. The van der Waals surface area contributed by atoms with Crippen molar-refractivity contribution in [2.45, 2.75) is 37.9 Å². The van der Waals surface area contributed by atoms with Crippen LogP contribution in [0.25, 0.3) is 0 Å². The number of rotatable bonds is 6. The number of amides is 1.